The maximum absolute atomic E-state index is 13.5. The van der Waals surface area contributed by atoms with Crippen LogP contribution in [0.25, 0.3) is 10.9 Å². The van der Waals surface area contributed by atoms with Crippen molar-refractivity contribution in [3.63, 3.8) is 0 Å². The molecule has 2 aromatic carbocycles. The van der Waals surface area contributed by atoms with Crippen LogP contribution in [0.15, 0.2) is 53.3 Å². The zero-order valence-corrected chi connectivity index (χ0v) is 19.6. The van der Waals surface area contributed by atoms with Crippen LogP contribution in [0.4, 0.5) is 0 Å². The molecule has 0 saturated carbocycles. The molecule has 0 aliphatic carbocycles. The van der Waals surface area contributed by atoms with Gasteiger partial charge in [-0.15, -0.1) is 5.10 Å². The van der Waals surface area contributed by atoms with E-state index >= 15 is 0 Å². The van der Waals surface area contributed by atoms with Crippen LogP contribution in [0, 0.1) is 0 Å². The topological polar surface area (TPSA) is 101 Å². The number of nitrogens with zero attached hydrogens (tertiary/aromatic N) is 6. The third kappa shape index (κ3) is 4.15. The molecule has 1 atom stereocenters. The van der Waals surface area contributed by atoms with Gasteiger partial charge in [0.2, 0.25) is 6.79 Å². The molecule has 1 fully saturated rings. The minimum absolute atomic E-state index is 0.159. The van der Waals surface area contributed by atoms with Crippen molar-refractivity contribution in [1.82, 2.24) is 35.0 Å². The van der Waals surface area contributed by atoms with Crippen molar-refractivity contribution in [3.05, 3.63) is 75.8 Å². The summed E-state index contributed by atoms with van der Waals surface area (Å²) < 4.78 is 12.9. The van der Waals surface area contributed by atoms with E-state index in [1.54, 1.807) is 4.68 Å². The monoisotopic (exact) mass is 473 g/mol. The quantitative estimate of drug-likeness (QED) is 0.454. The molecule has 2 aliphatic heterocycles. The van der Waals surface area contributed by atoms with Gasteiger partial charge in [-0.25, -0.2) is 4.68 Å². The van der Waals surface area contributed by atoms with Crippen LogP contribution in [0.5, 0.6) is 11.5 Å². The number of pyridine rings is 1. The average molecular weight is 474 g/mol. The zero-order chi connectivity index (χ0) is 23.8. The molecule has 10 heteroatoms. The maximum Gasteiger partial charge on any atom is 0.253 e. The summed E-state index contributed by atoms with van der Waals surface area (Å²) in [5.41, 5.74) is 2.26. The van der Waals surface area contributed by atoms with Crippen molar-refractivity contribution >= 4 is 10.9 Å². The number of ether oxygens (including phenoxy) is 2. The van der Waals surface area contributed by atoms with Crippen LogP contribution >= 0.6 is 0 Å². The lowest BCUT2D eigenvalue weighted by Crippen LogP contribution is -2.49. The fourth-order valence-corrected chi connectivity index (χ4v) is 4.93. The Morgan fingerprint density at radius 1 is 1.03 bits per heavy atom. The van der Waals surface area contributed by atoms with Gasteiger partial charge >= 0.3 is 0 Å². The van der Waals surface area contributed by atoms with E-state index in [0.29, 0.717) is 34.9 Å². The Kier molecular flexibility index (Phi) is 5.67. The van der Waals surface area contributed by atoms with Gasteiger partial charge in [-0.1, -0.05) is 37.3 Å². The highest BCUT2D eigenvalue weighted by atomic mass is 16.7. The first-order chi connectivity index (χ1) is 17.2. The average Bonchev–Trinajstić information content (AvgIpc) is 3.53. The van der Waals surface area contributed by atoms with Crippen molar-refractivity contribution in [3.8, 4) is 11.5 Å². The predicted octanol–water partition coefficient (Wildman–Crippen LogP) is 2.02. The van der Waals surface area contributed by atoms with Gasteiger partial charge in [-0.3, -0.25) is 9.69 Å². The number of likely N-dealkylation sites (N-methyl/N-ethyl adjacent to an activating group) is 1. The predicted molar refractivity (Wildman–Crippen MR) is 130 cm³/mol. The lowest BCUT2D eigenvalue weighted by Gasteiger charge is -2.38. The lowest BCUT2D eigenvalue weighted by atomic mass is 10.0. The van der Waals surface area contributed by atoms with Crippen molar-refractivity contribution in [1.29, 1.82) is 0 Å². The van der Waals surface area contributed by atoms with Gasteiger partial charge in [-0.2, -0.15) is 0 Å². The second-order valence-electron chi connectivity index (χ2n) is 8.90. The van der Waals surface area contributed by atoms with E-state index in [0.717, 1.165) is 43.7 Å². The number of hydrogen-bond acceptors (Lipinski definition) is 8. The Balaban J connectivity index is 1.44. The van der Waals surface area contributed by atoms with Crippen LogP contribution in [0.1, 0.15) is 29.9 Å². The number of benzene rings is 2. The van der Waals surface area contributed by atoms with Crippen LogP contribution in [-0.2, 0) is 6.54 Å². The molecule has 10 nitrogen and oxygen atoms in total. The number of fused-ring (bicyclic) bond motifs is 2. The molecule has 4 aromatic rings. The standard InChI is InChI=1S/C25H27N7O3/c1-2-30-8-10-31(11-9-30)23(24-27-28-29-32(24)15-17-6-4-3-5-7-17)19-12-18-13-21-22(35-16-34-21)14-20(18)26-25(19)33/h3-7,12-14,23H,2,8-11,15-16H2,1H3,(H,26,33)/t23-/m1/s1. The SMILES string of the molecule is CCN1CCN([C@H](c2cc3cc4c(cc3[nH]c2=O)OCO4)c2nnnn2Cc2ccccc2)CC1. The van der Waals surface area contributed by atoms with Gasteiger partial charge in [0.15, 0.2) is 17.3 Å². The Bertz CT molecular complexity index is 1390. The summed E-state index contributed by atoms with van der Waals surface area (Å²) in [5, 5.41) is 13.6. The number of hydrogen-bond donors (Lipinski definition) is 1. The van der Waals surface area contributed by atoms with Gasteiger partial charge in [-0.05, 0) is 34.7 Å². The fourth-order valence-electron chi connectivity index (χ4n) is 4.93. The highest BCUT2D eigenvalue weighted by Gasteiger charge is 2.32. The fraction of sp³-hybridized carbons (Fsp3) is 0.360. The minimum Gasteiger partial charge on any atom is -0.454 e. The van der Waals surface area contributed by atoms with Crippen molar-refractivity contribution in [2.45, 2.75) is 19.5 Å². The zero-order valence-electron chi connectivity index (χ0n) is 19.6. The van der Waals surface area contributed by atoms with Crippen LogP contribution in [0.2, 0.25) is 0 Å². The number of piperazine rings is 1. The molecule has 1 saturated heterocycles. The maximum atomic E-state index is 13.5. The summed E-state index contributed by atoms with van der Waals surface area (Å²) in [6, 6.07) is 15.4. The molecule has 0 unspecified atom stereocenters. The smallest absolute Gasteiger partial charge is 0.253 e. The van der Waals surface area contributed by atoms with Crippen molar-refractivity contribution < 1.29 is 9.47 Å². The first kappa shape index (κ1) is 21.8. The molecule has 180 valence electrons. The molecule has 6 rings (SSSR count). The van der Waals surface area contributed by atoms with E-state index < -0.39 is 0 Å². The van der Waals surface area contributed by atoms with Gasteiger partial charge in [0.05, 0.1) is 12.1 Å². The van der Waals surface area contributed by atoms with Gasteiger partial charge in [0, 0.05) is 43.2 Å². The summed E-state index contributed by atoms with van der Waals surface area (Å²) in [6.07, 6.45) is 0. The third-order valence-corrected chi connectivity index (χ3v) is 6.86. The van der Waals surface area contributed by atoms with Gasteiger partial charge < -0.3 is 19.4 Å². The number of aromatic nitrogens is 5. The van der Waals surface area contributed by atoms with Crippen LogP contribution < -0.4 is 15.0 Å². The van der Waals surface area contributed by atoms with E-state index in [4.69, 9.17) is 9.47 Å². The largest absolute Gasteiger partial charge is 0.454 e. The second kappa shape index (κ2) is 9.12. The first-order valence-corrected chi connectivity index (χ1v) is 11.9. The van der Waals surface area contributed by atoms with Crippen LogP contribution in [-0.4, -0.2) is 74.5 Å². The highest BCUT2D eigenvalue weighted by molar-refractivity contribution is 5.83. The Labute approximate surface area is 202 Å². The number of aromatic amines is 1. The number of H-pyrrole nitrogens is 1. The van der Waals surface area contributed by atoms with E-state index in [-0.39, 0.29) is 18.4 Å². The number of nitrogens with one attached hydrogen (secondary N) is 1. The van der Waals surface area contributed by atoms with E-state index in [1.165, 1.54) is 0 Å². The van der Waals surface area contributed by atoms with Crippen molar-refractivity contribution in [2.24, 2.45) is 0 Å². The van der Waals surface area contributed by atoms with E-state index in [2.05, 4.69) is 37.2 Å². The number of tetrazole rings is 1. The van der Waals surface area contributed by atoms with Gasteiger partial charge in [0.25, 0.3) is 5.56 Å². The minimum atomic E-state index is -0.383. The molecule has 0 radical (unpaired) electrons. The molecule has 2 aliphatic rings. The molecule has 1 N–H and O–H groups in total. The van der Waals surface area contributed by atoms with Crippen LogP contribution in [0.3, 0.4) is 0 Å². The summed E-state index contributed by atoms with van der Waals surface area (Å²) >= 11 is 0. The highest BCUT2D eigenvalue weighted by Crippen LogP contribution is 2.36. The molecule has 0 amide bonds. The molecular formula is C25H27N7O3. The van der Waals surface area contributed by atoms with E-state index in [9.17, 15) is 4.79 Å². The Morgan fingerprint density at radius 3 is 2.57 bits per heavy atom. The second-order valence-corrected chi connectivity index (χ2v) is 8.90. The Morgan fingerprint density at radius 2 is 1.80 bits per heavy atom. The van der Waals surface area contributed by atoms with Gasteiger partial charge in [0.1, 0.15) is 6.04 Å². The molecule has 0 bridgehead atoms. The summed E-state index contributed by atoms with van der Waals surface area (Å²) in [4.78, 5) is 21.2. The molecular weight excluding hydrogens is 446 g/mol. The third-order valence-electron chi connectivity index (χ3n) is 6.86. The molecule has 4 heterocycles. The lowest BCUT2D eigenvalue weighted by molar-refractivity contribution is 0.108. The normalized spacial score (nSPS) is 17.2. The first-order valence-electron chi connectivity index (χ1n) is 11.9. The summed E-state index contributed by atoms with van der Waals surface area (Å²) in [6.45, 7) is 7.37. The molecule has 0 spiro atoms. The number of rotatable bonds is 6. The van der Waals surface area contributed by atoms with E-state index in [1.807, 2.05) is 48.5 Å². The summed E-state index contributed by atoms with van der Waals surface area (Å²) in [7, 11) is 0. The summed E-state index contributed by atoms with van der Waals surface area (Å²) in [5.74, 6) is 1.97. The Hall–Kier alpha value is -3.76. The molecule has 35 heavy (non-hydrogen) atoms. The molecule has 2 aromatic heterocycles. The van der Waals surface area contributed by atoms with Crippen molar-refractivity contribution in [2.75, 3.05) is 39.5 Å².